The second kappa shape index (κ2) is 5.85. The molecular weight excluding hydrogens is 234 g/mol. The highest BCUT2D eigenvalue weighted by Gasteiger charge is 2.24. The van der Waals surface area contributed by atoms with Crippen LogP contribution in [0.4, 0.5) is 0 Å². The predicted octanol–water partition coefficient (Wildman–Crippen LogP) is 3.42. The third kappa shape index (κ3) is 3.44. The first-order valence-electron chi connectivity index (χ1n) is 6.27. The van der Waals surface area contributed by atoms with Gasteiger partial charge in [0.2, 0.25) is 0 Å². The van der Waals surface area contributed by atoms with Crippen LogP contribution in [0.3, 0.4) is 0 Å². The molecule has 3 unspecified atom stereocenters. The summed E-state index contributed by atoms with van der Waals surface area (Å²) in [7, 11) is 0. The molecule has 0 aliphatic carbocycles. The van der Waals surface area contributed by atoms with E-state index in [0.717, 1.165) is 24.6 Å². The molecule has 1 aromatic carbocycles. The Hall–Kier alpha value is -0.570. The van der Waals surface area contributed by atoms with E-state index in [4.69, 9.17) is 16.3 Å². The van der Waals surface area contributed by atoms with Crippen LogP contribution >= 0.6 is 11.6 Å². The van der Waals surface area contributed by atoms with Crippen LogP contribution in [0, 0.1) is 5.92 Å². The van der Waals surface area contributed by atoms with Crippen LogP contribution in [0.1, 0.15) is 31.9 Å². The molecule has 1 heterocycles. The Kier molecular flexibility index (Phi) is 4.43. The first kappa shape index (κ1) is 12.9. The van der Waals surface area contributed by atoms with E-state index in [1.807, 2.05) is 18.2 Å². The number of nitrogens with one attached hydrogen (secondary N) is 1. The summed E-state index contributed by atoms with van der Waals surface area (Å²) in [6.45, 7) is 6.24. The summed E-state index contributed by atoms with van der Waals surface area (Å²) < 4.78 is 5.56. The maximum absolute atomic E-state index is 5.99. The molecule has 0 amide bonds. The lowest BCUT2D eigenvalue weighted by Crippen LogP contribution is -2.29. The van der Waals surface area contributed by atoms with Crippen molar-refractivity contribution in [2.24, 2.45) is 5.92 Å². The third-order valence-electron chi connectivity index (χ3n) is 3.57. The Bertz CT molecular complexity index is 369. The van der Waals surface area contributed by atoms with Crippen LogP contribution in [0.15, 0.2) is 24.3 Å². The summed E-state index contributed by atoms with van der Waals surface area (Å²) in [4.78, 5) is 0. The molecule has 1 saturated heterocycles. The van der Waals surface area contributed by atoms with Crippen molar-refractivity contribution >= 4 is 11.6 Å². The maximum Gasteiger partial charge on any atom is 0.0588 e. The van der Waals surface area contributed by atoms with Crippen LogP contribution < -0.4 is 5.32 Å². The highest BCUT2D eigenvalue weighted by Crippen LogP contribution is 2.22. The fourth-order valence-electron chi connectivity index (χ4n) is 2.27. The fourth-order valence-corrected chi connectivity index (χ4v) is 2.46. The van der Waals surface area contributed by atoms with Crippen molar-refractivity contribution in [3.63, 3.8) is 0 Å². The Labute approximate surface area is 108 Å². The van der Waals surface area contributed by atoms with Gasteiger partial charge < -0.3 is 10.1 Å². The van der Waals surface area contributed by atoms with Gasteiger partial charge in [-0.05, 0) is 43.9 Å². The summed E-state index contributed by atoms with van der Waals surface area (Å²) >= 11 is 5.99. The van der Waals surface area contributed by atoms with Crippen molar-refractivity contribution in [1.29, 1.82) is 0 Å². The molecule has 0 radical (unpaired) electrons. The van der Waals surface area contributed by atoms with Crippen molar-refractivity contribution in [2.75, 3.05) is 13.2 Å². The number of halogens is 1. The summed E-state index contributed by atoms with van der Waals surface area (Å²) in [5.41, 5.74) is 1.24. The molecule has 0 aromatic heterocycles. The zero-order valence-corrected chi connectivity index (χ0v) is 11.2. The van der Waals surface area contributed by atoms with Gasteiger partial charge in [-0.2, -0.15) is 0 Å². The predicted molar refractivity (Wildman–Crippen MR) is 71.4 cm³/mol. The largest absolute Gasteiger partial charge is 0.378 e. The minimum absolute atomic E-state index is 0.335. The van der Waals surface area contributed by atoms with Gasteiger partial charge in [-0.3, -0.25) is 0 Å². The number of benzene rings is 1. The van der Waals surface area contributed by atoms with Crippen molar-refractivity contribution in [3.8, 4) is 0 Å². The van der Waals surface area contributed by atoms with Crippen molar-refractivity contribution < 1.29 is 4.74 Å². The molecule has 1 aromatic rings. The lowest BCUT2D eigenvalue weighted by Gasteiger charge is -2.19. The summed E-state index contributed by atoms with van der Waals surface area (Å²) in [5.74, 6) is 0.636. The molecule has 1 fully saturated rings. The molecule has 1 N–H and O–H groups in total. The van der Waals surface area contributed by atoms with Gasteiger partial charge in [0.05, 0.1) is 6.10 Å². The van der Waals surface area contributed by atoms with E-state index in [0.29, 0.717) is 18.1 Å². The number of ether oxygens (including phenoxy) is 1. The second-order valence-corrected chi connectivity index (χ2v) is 5.25. The molecule has 3 atom stereocenters. The molecule has 1 aliphatic rings. The number of rotatable bonds is 4. The zero-order valence-electron chi connectivity index (χ0n) is 10.4. The van der Waals surface area contributed by atoms with Gasteiger partial charge in [-0.15, -0.1) is 0 Å². The highest BCUT2D eigenvalue weighted by molar-refractivity contribution is 6.30. The van der Waals surface area contributed by atoms with Crippen molar-refractivity contribution in [2.45, 2.75) is 32.4 Å². The van der Waals surface area contributed by atoms with Crippen molar-refractivity contribution in [3.05, 3.63) is 34.9 Å². The molecule has 2 nitrogen and oxygen atoms in total. The van der Waals surface area contributed by atoms with Crippen LogP contribution in [-0.2, 0) is 4.74 Å². The summed E-state index contributed by atoms with van der Waals surface area (Å²) in [6, 6.07) is 8.37. The normalized spacial score (nSPS) is 26.1. The molecule has 0 spiro atoms. The molecule has 3 heteroatoms. The van der Waals surface area contributed by atoms with Crippen LogP contribution in [0.5, 0.6) is 0 Å². The fraction of sp³-hybridized carbons (Fsp3) is 0.571. The van der Waals surface area contributed by atoms with Gasteiger partial charge in [0, 0.05) is 24.2 Å². The van der Waals surface area contributed by atoms with E-state index < -0.39 is 0 Å². The highest BCUT2D eigenvalue weighted by atomic mass is 35.5. The Morgan fingerprint density at radius 1 is 1.53 bits per heavy atom. The van der Waals surface area contributed by atoms with E-state index in [1.54, 1.807) is 0 Å². The topological polar surface area (TPSA) is 21.3 Å². The SMILES string of the molecule is CC(NCC1CCOC1C)c1cccc(Cl)c1. The van der Waals surface area contributed by atoms with E-state index in [1.165, 1.54) is 5.56 Å². The Morgan fingerprint density at radius 2 is 2.35 bits per heavy atom. The Balaban J connectivity index is 1.86. The number of hydrogen-bond acceptors (Lipinski definition) is 2. The molecule has 0 bridgehead atoms. The van der Waals surface area contributed by atoms with E-state index in [9.17, 15) is 0 Å². The van der Waals surface area contributed by atoms with Gasteiger partial charge in [0.1, 0.15) is 0 Å². The average Bonchev–Trinajstić information content (AvgIpc) is 2.72. The van der Waals surface area contributed by atoms with Crippen LogP contribution in [0.2, 0.25) is 5.02 Å². The molecule has 94 valence electrons. The number of hydrogen-bond donors (Lipinski definition) is 1. The smallest absolute Gasteiger partial charge is 0.0588 e. The second-order valence-electron chi connectivity index (χ2n) is 4.81. The average molecular weight is 254 g/mol. The Morgan fingerprint density at radius 3 is 3.00 bits per heavy atom. The first-order valence-corrected chi connectivity index (χ1v) is 6.65. The minimum Gasteiger partial charge on any atom is -0.378 e. The van der Waals surface area contributed by atoms with Gasteiger partial charge in [-0.25, -0.2) is 0 Å². The van der Waals surface area contributed by atoms with Crippen LogP contribution in [-0.4, -0.2) is 19.3 Å². The summed E-state index contributed by atoms with van der Waals surface area (Å²) in [5, 5.41) is 4.36. The van der Waals surface area contributed by atoms with Crippen molar-refractivity contribution in [1.82, 2.24) is 5.32 Å². The standard InChI is InChI=1S/C14H20ClNO/c1-10(12-4-3-5-14(15)8-12)16-9-13-6-7-17-11(13)2/h3-5,8,10-11,13,16H,6-7,9H2,1-2H3. The molecule has 0 saturated carbocycles. The lowest BCUT2D eigenvalue weighted by atomic mass is 10.0. The van der Waals surface area contributed by atoms with Gasteiger partial charge >= 0.3 is 0 Å². The van der Waals surface area contributed by atoms with E-state index in [2.05, 4.69) is 25.2 Å². The quantitative estimate of drug-likeness (QED) is 0.888. The van der Waals surface area contributed by atoms with Gasteiger partial charge in [0.25, 0.3) is 0 Å². The molecule has 17 heavy (non-hydrogen) atoms. The summed E-state index contributed by atoms with van der Waals surface area (Å²) in [6.07, 6.45) is 1.55. The minimum atomic E-state index is 0.335. The van der Waals surface area contributed by atoms with Gasteiger partial charge in [-0.1, -0.05) is 23.7 Å². The third-order valence-corrected chi connectivity index (χ3v) is 3.80. The molecular formula is C14H20ClNO. The van der Waals surface area contributed by atoms with E-state index >= 15 is 0 Å². The maximum atomic E-state index is 5.99. The van der Waals surface area contributed by atoms with Crippen LogP contribution in [0.25, 0.3) is 0 Å². The van der Waals surface area contributed by atoms with E-state index in [-0.39, 0.29) is 0 Å². The monoisotopic (exact) mass is 253 g/mol. The lowest BCUT2D eigenvalue weighted by molar-refractivity contribution is 0.105. The zero-order chi connectivity index (χ0) is 12.3. The van der Waals surface area contributed by atoms with Gasteiger partial charge in [0.15, 0.2) is 0 Å². The molecule has 2 rings (SSSR count). The first-order chi connectivity index (χ1) is 8.16. The molecule has 1 aliphatic heterocycles.